The minimum absolute atomic E-state index is 0.0224. The molecule has 0 spiro atoms. The van der Waals surface area contributed by atoms with Crippen LogP contribution in [0.15, 0.2) is 10.9 Å². The maximum Gasteiger partial charge on any atom is 0.256 e. The highest BCUT2D eigenvalue weighted by atomic mass is 32.1. The Balaban J connectivity index is 1.48. The zero-order chi connectivity index (χ0) is 16.2. The van der Waals surface area contributed by atoms with Gasteiger partial charge in [0.05, 0.1) is 17.8 Å². The van der Waals surface area contributed by atoms with Crippen LogP contribution in [0.5, 0.6) is 0 Å². The van der Waals surface area contributed by atoms with Crippen molar-refractivity contribution < 1.29 is 9.59 Å². The summed E-state index contributed by atoms with van der Waals surface area (Å²) >= 11 is 2.59. The van der Waals surface area contributed by atoms with Crippen molar-refractivity contribution in [2.24, 2.45) is 0 Å². The van der Waals surface area contributed by atoms with Crippen molar-refractivity contribution in [1.29, 1.82) is 0 Å². The van der Waals surface area contributed by atoms with Crippen molar-refractivity contribution in [2.75, 3.05) is 38.0 Å². The zero-order valence-corrected chi connectivity index (χ0v) is 14.2. The first-order valence-electron chi connectivity index (χ1n) is 7.12. The molecule has 3 heterocycles. The monoisotopic (exact) mass is 352 g/mol. The number of aryl methyl sites for hydroxylation is 1. The van der Waals surface area contributed by atoms with E-state index in [0.29, 0.717) is 43.4 Å². The Labute approximate surface area is 141 Å². The number of hydrogen-bond acceptors (Lipinski definition) is 8. The van der Waals surface area contributed by atoms with E-state index >= 15 is 0 Å². The largest absolute Gasteiger partial charge is 0.336 e. The molecule has 2 aromatic heterocycles. The molecule has 1 aliphatic heterocycles. The molecular weight excluding hydrogens is 336 g/mol. The van der Waals surface area contributed by atoms with Gasteiger partial charge in [0.2, 0.25) is 11.0 Å². The quantitative estimate of drug-likeness (QED) is 0.871. The van der Waals surface area contributed by atoms with Crippen LogP contribution in [0.1, 0.15) is 16.1 Å². The Morgan fingerprint density at radius 3 is 2.70 bits per heavy atom. The van der Waals surface area contributed by atoms with E-state index < -0.39 is 0 Å². The van der Waals surface area contributed by atoms with Crippen molar-refractivity contribution in [2.45, 2.75) is 6.92 Å². The smallest absolute Gasteiger partial charge is 0.256 e. The summed E-state index contributed by atoms with van der Waals surface area (Å²) in [5, 5.41) is 12.5. The van der Waals surface area contributed by atoms with Crippen molar-refractivity contribution in [3.63, 3.8) is 0 Å². The van der Waals surface area contributed by atoms with Crippen LogP contribution in [0.4, 0.5) is 5.13 Å². The molecule has 10 heteroatoms. The summed E-state index contributed by atoms with van der Waals surface area (Å²) in [5.41, 5.74) is 3.03. The molecule has 122 valence electrons. The first-order valence-corrected chi connectivity index (χ1v) is 8.83. The third-order valence-electron chi connectivity index (χ3n) is 3.61. The number of aromatic nitrogens is 3. The molecular formula is C13H16N6O2S2. The van der Waals surface area contributed by atoms with E-state index in [1.165, 1.54) is 22.9 Å². The van der Waals surface area contributed by atoms with E-state index in [0.717, 1.165) is 5.69 Å². The van der Waals surface area contributed by atoms with Gasteiger partial charge in [0, 0.05) is 31.6 Å². The lowest BCUT2D eigenvalue weighted by atomic mass is 10.2. The number of carbonyl (C=O) groups is 2. The van der Waals surface area contributed by atoms with Crippen molar-refractivity contribution in [1.82, 2.24) is 24.4 Å². The minimum Gasteiger partial charge on any atom is -0.336 e. The maximum absolute atomic E-state index is 12.4. The van der Waals surface area contributed by atoms with E-state index in [-0.39, 0.29) is 11.8 Å². The van der Waals surface area contributed by atoms with Crippen LogP contribution in [0.2, 0.25) is 0 Å². The Morgan fingerprint density at radius 2 is 2.09 bits per heavy atom. The molecule has 23 heavy (non-hydrogen) atoms. The number of piperazine rings is 1. The number of hydrogen-bond donors (Lipinski definition) is 1. The lowest BCUT2D eigenvalue weighted by Crippen LogP contribution is -2.50. The van der Waals surface area contributed by atoms with Crippen LogP contribution in [0, 0.1) is 6.92 Å². The second-order valence-corrected chi connectivity index (χ2v) is 6.64. The van der Waals surface area contributed by atoms with Crippen LogP contribution in [0.25, 0.3) is 0 Å². The molecule has 0 bridgehead atoms. The number of amides is 2. The SMILES string of the molecule is Cc1nscc1C(=O)N1CCN(CC(=O)Nc2nncs2)CC1. The first kappa shape index (κ1) is 16.0. The molecule has 0 aliphatic carbocycles. The maximum atomic E-state index is 12.4. The van der Waals surface area contributed by atoms with Crippen molar-refractivity contribution in [3.8, 4) is 0 Å². The standard InChI is InChI=1S/C13H16N6O2S2/c1-9-10(7-23-17-9)12(21)19-4-2-18(3-5-19)6-11(20)15-13-16-14-8-22-13/h7-8H,2-6H2,1H3,(H,15,16,20). The number of carbonyl (C=O) groups excluding carboxylic acids is 2. The molecule has 0 saturated carbocycles. The Morgan fingerprint density at radius 1 is 1.30 bits per heavy atom. The summed E-state index contributed by atoms with van der Waals surface area (Å²) in [6.45, 7) is 4.70. The molecule has 1 fully saturated rings. The topological polar surface area (TPSA) is 91.3 Å². The van der Waals surface area contributed by atoms with Crippen LogP contribution < -0.4 is 5.32 Å². The van der Waals surface area contributed by atoms with Crippen molar-refractivity contribution >= 4 is 39.8 Å². The Bertz CT molecular complexity index is 678. The fraction of sp³-hybridized carbons (Fsp3) is 0.462. The van der Waals surface area contributed by atoms with Gasteiger partial charge >= 0.3 is 0 Å². The summed E-state index contributed by atoms with van der Waals surface area (Å²) in [6.07, 6.45) is 0. The molecule has 8 nitrogen and oxygen atoms in total. The van der Waals surface area contributed by atoms with Gasteiger partial charge in [-0.1, -0.05) is 11.3 Å². The predicted molar refractivity (Wildman–Crippen MR) is 87.7 cm³/mol. The Kier molecular flexibility index (Phi) is 4.94. The summed E-state index contributed by atoms with van der Waals surface area (Å²) in [5.74, 6) is -0.0892. The predicted octanol–water partition coefficient (Wildman–Crippen LogP) is 0.700. The zero-order valence-electron chi connectivity index (χ0n) is 12.6. The molecule has 1 saturated heterocycles. The second-order valence-electron chi connectivity index (χ2n) is 5.17. The van der Waals surface area contributed by atoms with Crippen molar-refractivity contribution in [3.05, 3.63) is 22.1 Å². The third-order valence-corrected chi connectivity index (χ3v) is 4.94. The molecule has 0 unspecified atom stereocenters. The van der Waals surface area contributed by atoms with Gasteiger partial charge in [-0.3, -0.25) is 19.8 Å². The lowest BCUT2D eigenvalue weighted by Gasteiger charge is -2.34. The second kappa shape index (κ2) is 7.11. The van der Waals surface area contributed by atoms with Gasteiger partial charge < -0.3 is 4.90 Å². The van der Waals surface area contributed by atoms with Gasteiger partial charge in [-0.05, 0) is 18.5 Å². The lowest BCUT2D eigenvalue weighted by molar-refractivity contribution is -0.117. The third kappa shape index (κ3) is 3.89. The Hall–Kier alpha value is -1.91. The van der Waals surface area contributed by atoms with E-state index in [4.69, 9.17) is 0 Å². The average Bonchev–Trinajstić information content (AvgIpc) is 3.19. The summed E-state index contributed by atoms with van der Waals surface area (Å²) in [7, 11) is 0. The van der Waals surface area contributed by atoms with Gasteiger partial charge in [-0.25, -0.2) is 0 Å². The van der Waals surface area contributed by atoms with Crippen LogP contribution >= 0.6 is 22.9 Å². The molecule has 1 N–H and O–H groups in total. The number of rotatable bonds is 4. The van der Waals surface area contributed by atoms with Gasteiger partial charge in [-0.15, -0.1) is 10.2 Å². The van der Waals surface area contributed by atoms with E-state index in [1.807, 2.05) is 16.7 Å². The minimum atomic E-state index is -0.112. The molecule has 0 radical (unpaired) electrons. The number of nitrogens with zero attached hydrogens (tertiary/aromatic N) is 5. The number of anilines is 1. The molecule has 2 aromatic rings. The van der Waals surface area contributed by atoms with E-state index in [1.54, 1.807) is 10.9 Å². The summed E-state index contributed by atoms with van der Waals surface area (Å²) < 4.78 is 4.14. The highest BCUT2D eigenvalue weighted by Gasteiger charge is 2.25. The van der Waals surface area contributed by atoms with Crippen LogP contribution in [-0.2, 0) is 4.79 Å². The highest BCUT2D eigenvalue weighted by Crippen LogP contribution is 2.14. The van der Waals surface area contributed by atoms with E-state index in [9.17, 15) is 9.59 Å². The fourth-order valence-electron chi connectivity index (χ4n) is 2.37. The fourth-order valence-corrected chi connectivity index (χ4v) is 3.51. The van der Waals surface area contributed by atoms with E-state index in [2.05, 4.69) is 19.9 Å². The number of nitrogens with one attached hydrogen (secondary N) is 1. The van der Waals surface area contributed by atoms with Gasteiger partial charge in [0.1, 0.15) is 5.51 Å². The molecule has 2 amide bonds. The van der Waals surface area contributed by atoms with Gasteiger partial charge in [0.15, 0.2) is 0 Å². The normalized spacial score (nSPS) is 15.6. The summed E-state index contributed by atoms with van der Waals surface area (Å²) in [6, 6.07) is 0. The highest BCUT2D eigenvalue weighted by molar-refractivity contribution is 7.13. The molecule has 0 atom stereocenters. The van der Waals surface area contributed by atoms with Gasteiger partial charge in [0.25, 0.3) is 5.91 Å². The molecule has 3 rings (SSSR count). The first-order chi connectivity index (χ1) is 11.1. The molecule has 0 aromatic carbocycles. The summed E-state index contributed by atoms with van der Waals surface area (Å²) in [4.78, 5) is 28.2. The average molecular weight is 352 g/mol. The van der Waals surface area contributed by atoms with Crippen LogP contribution in [-0.4, -0.2) is 68.9 Å². The molecule has 1 aliphatic rings. The van der Waals surface area contributed by atoms with Gasteiger partial charge in [-0.2, -0.15) is 4.37 Å². The van der Waals surface area contributed by atoms with Crippen LogP contribution in [0.3, 0.4) is 0 Å².